The molecule has 0 bridgehead atoms. The maximum absolute atomic E-state index is 11.5. The molecule has 1 aliphatic rings. The average Bonchev–Trinajstić information content (AvgIpc) is 3.23. The Hall–Kier alpha value is -3.21. The van der Waals surface area contributed by atoms with Crippen molar-refractivity contribution in [2.75, 3.05) is 18.0 Å². The van der Waals surface area contributed by atoms with Crippen LogP contribution in [0.15, 0.2) is 29.9 Å². The highest BCUT2D eigenvalue weighted by atomic mass is 32.1. The number of thiazole rings is 1. The van der Waals surface area contributed by atoms with E-state index in [1.165, 1.54) is 28.0 Å². The molecule has 1 saturated heterocycles. The Balaban J connectivity index is 1.46. The van der Waals surface area contributed by atoms with Gasteiger partial charge in [0, 0.05) is 43.6 Å². The zero-order chi connectivity index (χ0) is 19.0. The van der Waals surface area contributed by atoms with Gasteiger partial charge in [-0.05, 0) is 11.0 Å². The summed E-state index contributed by atoms with van der Waals surface area (Å²) in [6.45, 7) is 1.17. The molecule has 140 valence electrons. The first-order valence-corrected chi connectivity index (χ1v) is 9.18. The van der Waals surface area contributed by atoms with Gasteiger partial charge in [-0.25, -0.2) is 0 Å². The smallest absolute Gasteiger partial charge is 0.373 e. The first-order valence-electron chi connectivity index (χ1n) is 8.30. The predicted octanol–water partition coefficient (Wildman–Crippen LogP) is 1.85. The maximum atomic E-state index is 11.5. The molecule has 3 aromatic rings. The summed E-state index contributed by atoms with van der Waals surface area (Å²) in [6.07, 6.45) is 4.43. The number of carbonyl (C=O) groups is 1. The summed E-state index contributed by atoms with van der Waals surface area (Å²) >= 11 is 1.36. The van der Waals surface area contributed by atoms with E-state index >= 15 is 0 Å². The fraction of sp³-hybridized carbons (Fsp3) is 0.312. The monoisotopic (exact) mass is 388 g/mol. The molecule has 1 amide bonds. The van der Waals surface area contributed by atoms with Crippen molar-refractivity contribution in [3.63, 3.8) is 0 Å². The lowest BCUT2D eigenvalue weighted by atomic mass is 10.1. The number of nitrogens with two attached hydrogens (primary N) is 1. The van der Waals surface area contributed by atoms with Gasteiger partial charge in [-0.2, -0.15) is 9.38 Å². The van der Waals surface area contributed by atoms with Crippen LogP contribution >= 0.6 is 11.3 Å². The van der Waals surface area contributed by atoms with E-state index in [-0.39, 0.29) is 17.6 Å². The second-order valence-corrected chi connectivity index (χ2v) is 6.99. The Morgan fingerprint density at radius 3 is 2.89 bits per heavy atom. The zero-order valence-electron chi connectivity index (χ0n) is 14.1. The van der Waals surface area contributed by atoms with Crippen molar-refractivity contribution in [2.24, 2.45) is 5.73 Å². The van der Waals surface area contributed by atoms with Gasteiger partial charge in [-0.1, -0.05) is 11.3 Å². The summed E-state index contributed by atoms with van der Waals surface area (Å²) in [5.41, 5.74) is 5.38. The fourth-order valence-electron chi connectivity index (χ4n) is 3.14. The topological polar surface area (TPSA) is 129 Å². The van der Waals surface area contributed by atoms with Crippen LogP contribution in [0.4, 0.5) is 11.6 Å². The second kappa shape index (κ2) is 6.83. The zero-order valence-corrected chi connectivity index (χ0v) is 15.0. The summed E-state index contributed by atoms with van der Waals surface area (Å²) < 4.78 is 7.42. The molecule has 3 aromatic heterocycles. The Kier molecular flexibility index (Phi) is 4.36. The number of aromatic nitrogens is 3. The molecule has 0 saturated carbocycles. The van der Waals surface area contributed by atoms with Crippen molar-refractivity contribution >= 4 is 33.8 Å². The number of piperidine rings is 1. The van der Waals surface area contributed by atoms with Crippen molar-refractivity contribution in [2.45, 2.75) is 18.9 Å². The Labute approximate surface area is 157 Å². The van der Waals surface area contributed by atoms with Gasteiger partial charge in [0.05, 0.1) is 0 Å². The molecule has 1 aliphatic heterocycles. The highest BCUT2D eigenvalue weighted by molar-refractivity contribution is 7.15. The molecule has 10 nitrogen and oxygen atoms in total. The van der Waals surface area contributed by atoms with Crippen LogP contribution in [0.3, 0.4) is 0 Å². The van der Waals surface area contributed by atoms with Gasteiger partial charge in [0.25, 0.3) is 10.9 Å². The van der Waals surface area contributed by atoms with E-state index < -0.39 is 10.8 Å². The first kappa shape index (κ1) is 17.2. The largest absolute Gasteiger partial charge is 0.490 e. The fourth-order valence-corrected chi connectivity index (χ4v) is 3.85. The number of anilines is 1. The molecule has 0 unspecified atom stereocenters. The van der Waals surface area contributed by atoms with Crippen LogP contribution < -0.4 is 15.4 Å². The Morgan fingerprint density at radius 2 is 2.19 bits per heavy atom. The molecule has 0 atom stereocenters. The number of ether oxygens (including phenoxy) is 1. The lowest BCUT2D eigenvalue weighted by molar-refractivity contribution is -0.389. The highest BCUT2D eigenvalue weighted by Gasteiger charge is 2.31. The number of amides is 1. The van der Waals surface area contributed by atoms with Crippen LogP contribution in [0, 0.1) is 10.1 Å². The van der Waals surface area contributed by atoms with Crippen molar-refractivity contribution in [1.82, 2.24) is 14.4 Å². The van der Waals surface area contributed by atoms with E-state index in [2.05, 4.69) is 9.97 Å². The van der Waals surface area contributed by atoms with Gasteiger partial charge in [0.1, 0.15) is 23.7 Å². The third-order valence-corrected chi connectivity index (χ3v) is 5.18. The van der Waals surface area contributed by atoms with Crippen LogP contribution in [0.2, 0.25) is 0 Å². The normalized spacial score (nSPS) is 15.2. The molecule has 4 rings (SSSR count). The van der Waals surface area contributed by atoms with E-state index in [1.54, 1.807) is 17.6 Å². The van der Waals surface area contributed by atoms with Crippen molar-refractivity contribution < 1.29 is 14.5 Å². The van der Waals surface area contributed by atoms with E-state index in [9.17, 15) is 14.9 Å². The third-order valence-electron chi connectivity index (χ3n) is 4.42. The van der Waals surface area contributed by atoms with E-state index in [1.807, 2.05) is 4.90 Å². The quantitative estimate of drug-likeness (QED) is 0.521. The van der Waals surface area contributed by atoms with E-state index in [4.69, 9.17) is 10.5 Å². The van der Waals surface area contributed by atoms with Gasteiger partial charge in [-0.15, -0.1) is 0 Å². The third kappa shape index (κ3) is 3.28. The minimum absolute atomic E-state index is 0.00847. The number of primary amides is 1. The lowest BCUT2D eigenvalue weighted by Crippen LogP contribution is -2.38. The highest BCUT2D eigenvalue weighted by Crippen LogP contribution is 2.33. The van der Waals surface area contributed by atoms with Gasteiger partial charge < -0.3 is 25.5 Å². The number of hydrogen-bond donors (Lipinski definition) is 1. The van der Waals surface area contributed by atoms with Crippen LogP contribution in [-0.2, 0) is 0 Å². The number of carbonyl (C=O) groups excluding carboxylic acids is 1. The summed E-state index contributed by atoms with van der Waals surface area (Å²) in [7, 11) is 0. The summed E-state index contributed by atoms with van der Waals surface area (Å²) in [6, 6.07) is 3.19. The van der Waals surface area contributed by atoms with Crippen molar-refractivity contribution in [3.05, 3.63) is 45.7 Å². The van der Waals surface area contributed by atoms with Crippen molar-refractivity contribution in [3.8, 4) is 5.75 Å². The maximum Gasteiger partial charge on any atom is 0.373 e. The number of pyridine rings is 1. The molecule has 4 heterocycles. The van der Waals surface area contributed by atoms with E-state index in [0.29, 0.717) is 42.5 Å². The molecule has 1 fully saturated rings. The summed E-state index contributed by atoms with van der Waals surface area (Å²) in [5.74, 6) is 0.309. The summed E-state index contributed by atoms with van der Waals surface area (Å²) in [5, 5.41) is 13.3. The van der Waals surface area contributed by atoms with Crippen LogP contribution in [-0.4, -0.2) is 44.4 Å². The Morgan fingerprint density at radius 1 is 1.41 bits per heavy atom. The second-order valence-electron chi connectivity index (χ2n) is 6.12. The van der Waals surface area contributed by atoms with Gasteiger partial charge in [0.2, 0.25) is 5.82 Å². The molecule has 2 N–H and O–H groups in total. The Bertz CT molecular complexity index is 1010. The lowest BCUT2D eigenvalue weighted by Gasteiger charge is -2.31. The molecule has 0 aliphatic carbocycles. The van der Waals surface area contributed by atoms with Crippen LogP contribution in [0.25, 0.3) is 4.96 Å². The minimum atomic E-state index is -0.609. The number of fused-ring (bicyclic) bond motifs is 1. The van der Waals surface area contributed by atoms with Gasteiger partial charge in [0.15, 0.2) is 0 Å². The number of rotatable bonds is 5. The van der Waals surface area contributed by atoms with Crippen molar-refractivity contribution in [1.29, 1.82) is 0 Å². The standard InChI is InChI=1S/C16H16N6O4S/c17-13(23)12-9-11(1-4-18-12)26-10-2-5-20(6-3-10)14-15(22(24)25)21-7-8-27-16(21)19-14/h1,4,7-10H,2-3,5-6H2,(H2,17,23). The van der Waals surface area contributed by atoms with Gasteiger partial charge in [-0.3, -0.25) is 9.78 Å². The minimum Gasteiger partial charge on any atom is -0.490 e. The molecule has 0 spiro atoms. The number of nitrogens with zero attached hydrogens (tertiary/aromatic N) is 5. The molecule has 0 radical (unpaired) electrons. The molecule has 27 heavy (non-hydrogen) atoms. The van der Waals surface area contributed by atoms with Crippen LogP contribution in [0.1, 0.15) is 23.3 Å². The molecular formula is C16H16N6O4S. The van der Waals surface area contributed by atoms with Gasteiger partial charge >= 0.3 is 5.82 Å². The number of nitro groups is 1. The molecular weight excluding hydrogens is 372 g/mol. The van der Waals surface area contributed by atoms with E-state index in [0.717, 1.165) is 0 Å². The number of hydrogen-bond acceptors (Lipinski definition) is 8. The summed E-state index contributed by atoms with van der Waals surface area (Å²) in [4.78, 5) is 33.1. The average molecular weight is 388 g/mol. The SMILES string of the molecule is NC(=O)c1cc(OC2CCN(c3nc4sccn4c3[N+](=O)[O-])CC2)ccn1. The number of imidazole rings is 1. The molecule has 11 heteroatoms. The van der Waals surface area contributed by atoms with Crippen LogP contribution in [0.5, 0.6) is 5.75 Å². The predicted molar refractivity (Wildman–Crippen MR) is 98.3 cm³/mol. The first-order chi connectivity index (χ1) is 13.0. The molecule has 0 aromatic carbocycles.